The lowest BCUT2D eigenvalue weighted by Gasteiger charge is -1.98. The Balaban J connectivity index is 1.05. The molecule has 4 heterocycles. The van der Waals surface area contributed by atoms with E-state index in [1.165, 1.54) is 83.2 Å². The summed E-state index contributed by atoms with van der Waals surface area (Å²) in [5.74, 6) is 0. The maximum Gasteiger partial charge on any atom is 0.269 e. The van der Waals surface area contributed by atoms with Gasteiger partial charge in [-0.05, 0) is 60.7 Å². The monoisotopic (exact) mass is 670 g/mol. The van der Waals surface area contributed by atoms with Gasteiger partial charge < -0.3 is 0 Å². The Hall–Kier alpha value is -4.34. The van der Waals surface area contributed by atoms with Gasteiger partial charge in [-0.25, -0.2) is 0 Å². The highest BCUT2D eigenvalue weighted by Crippen LogP contribution is 2.37. The third kappa shape index (κ3) is 4.28. The number of aromatic nitrogens is 4. The van der Waals surface area contributed by atoms with E-state index in [1.54, 1.807) is 0 Å². The molecular formula is C38H30N4S4+4. The Morgan fingerprint density at radius 1 is 0.326 bits per heavy atom. The summed E-state index contributed by atoms with van der Waals surface area (Å²) in [6.07, 6.45) is 0. The number of aryl methyl sites for hydroxylation is 4. The average molecular weight is 671 g/mol. The van der Waals surface area contributed by atoms with Crippen LogP contribution in [0.25, 0.3) is 83.2 Å². The first-order valence-corrected chi connectivity index (χ1v) is 18.4. The molecule has 4 aromatic heterocycles. The third-order valence-electron chi connectivity index (χ3n) is 9.02. The number of hydrogen-bond acceptors (Lipinski definition) is 4. The van der Waals surface area contributed by atoms with E-state index >= 15 is 0 Å². The summed E-state index contributed by atoms with van der Waals surface area (Å²) in [6, 6.07) is 40.1. The molecule has 0 atom stereocenters. The van der Waals surface area contributed by atoms with E-state index in [1.807, 2.05) is 45.3 Å². The largest absolute Gasteiger partial charge is 0.269 e. The second-order valence-electron chi connectivity index (χ2n) is 11.7. The molecule has 9 rings (SSSR count). The highest BCUT2D eigenvalue weighted by Gasteiger charge is 2.27. The predicted molar refractivity (Wildman–Crippen MR) is 194 cm³/mol. The first-order valence-electron chi connectivity index (χ1n) is 15.2. The van der Waals surface area contributed by atoms with Crippen LogP contribution in [0.3, 0.4) is 0 Å². The van der Waals surface area contributed by atoms with Gasteiger partial charge >= 0.3 is 0 Å². The Bertz CT molecular complexity index is 2440. The molecular weight excluding hydrogens is 641 g/mol. The minimum absolute atomic E-state index is 1.25. The van der Waals surface area contributed by atoms with Crippen molar-refractivity contribution in [3.05, 3.63) is 109 Å². The van der Waals surface area contributed by atoms with Crippen LogP contribution in [0.5, 0.6) is 0 Å². The Morgan fingerprint density at radius 2 is 0.609 bits per heavy atom. The SMILES string of the molecule is C[n+]1c(-c2ccc(-c3sc4cc5c(cc4[n+]3C)sc(-c3ccc(-c4sc6ccccc6[n+]4C)cc3)[n+]5C)cc2)sc2ccccc21. The zero-order valence-corrected chi connectivity index (χ0v) is 29.1. The lowest BCUT2D eigenvalue weighted by molar-refractivity contribution is -0.631. The number of rotatable bonds is 4. The molecule has 0 radical (unpaired) electrons. The van der Waals surface area contributed by atoms with Gasteiger partial charge in [0, 0.05) is 24.3 Å². The topological polar surface area (TPSA) is 15.5 Å². The predicted octanol–water partition coefficient (Wildman–Crippen LogP) is 8.51. The molecule has 46 heavy (non-hydrogen) atoms. The van der Waals surface area contributed by atoms with Gasteiger partial charge in [-0.15, -0.1) is 0 Å². The van der Waals surface area contributed by atoms with Crippen molar-refractivity contribution in [2.24, 2.45) is 28.2 Å². The van der Waals surface area contributed by atoms with Crippen LogP contribution in [-0.2, 0) is 28.2 Å². The van der Waals surface area contributed by atoms with Crippen LogP contribution in [0, 0.1) is 0 Å². The molecule has 0 N–H and O–H groups in total. The number of nitrogens with zero attached hydrogens (tertiary/aromatic N) is 4. The fourth-order valence-electron chi connectivity index (χ4n) is 6.52. The Labute approximate surface area is 282 Å². The molecule has 222 valence electrons. The van der Waals surface area contributed by atoms with Crippen molar-refractivity contribution < 1.29 is 18.3 Å². The fourth-order valence-corrected chi connectivity index (χ4v) is 11.2. The lowest BCUT2D eigenvalue weighted by atomic mass is 10.1. The molecule has 8 heteroatoms. The summed E-state index contributed by atoms with van der Waals surface area (Å²) in [5.41, 5.74) is 10.1. The number of fused-ring (bicyclic) bond motifs is 4. The molecule has 0 fully saturated rings. The van der Waals surface area contributed by atoms with Crippen LogP contribution in [0.15, 0.2) is 109 Å². The summed E-state index contributed by atoms with van der Waals surface area (Å²) >= 11 is 7.43. The number of thiazole rings is 4. The molecule has 0 aliphatic carbocycles. The van der Waals surface area contributed by atoms with Crippen LogP contribution in [-0.4, -0.2) is 0 Å². The second-order valence-corrected chi connectivity index (χ2v) is 15.9. The van der Waals surface area contributed by atoms with Gasteiger partial charge in [0.25, 0.3) is 20.0 Å². The quantitative estimate of drug-likeness (QED) is 0.167. The van der Waals surface area contributed by atoms with Crippen molar-refractivity contribution in [3.8, 4) is 42.3 Å². The number of para-hydroxylation sites is 2. The summed E-state index contributed by atoms with van der Waals surface area (Å²) in [6.45, 7) is 0. The van der Waals surface area contributed by atoms with Crippen molar-refractivity contribution in [3.63, 3.8) is 0 Å². The zero-order valence-electron chi connectivity index (χ0n) is 25.8. The van der Waals surface area contributed by atoms with Crippen LogP contribution in [0.2, 0.25) is 0 Å². The van der Waals surface area contributed by atoms with Crippen molar-refractivity contribution >= 4 is 86.2 Å². The van der Waals surface area contributed by atoms with Crippen molar-refractivity contribution in [1.29, 1.82) is 0 Å². The van der Waals surface area contributed by atoms with Gasteiger partial charge in [0.1, 0.15) is 47.0 Å². The lowest BCUT2D eigenvalue weighted by Crippen LogP contribution is -2.29. The van der Waals surface area contributed by atoms with E-state index < -0.39 is 0 Å². The molecule has 4 nitrogen and oxygen atoms in total. The highest BCUT2D eigenvalue weighted by atomic mass is 32.1. The van der Waals surface area contributed by atoms with E-state index in [0.717, 1.165) is 0 Å². The molecule has 0 amide bonds. The van der Waals surface area contributed by atoms with E-state index in [4.69, 9.17) is 0 Å². The van der Waals surface area contributed by atoms with Gasteiger partial charge in [-0.1, -0.05) is 69.6 Å². The van der Waals surface area contributed by atoms with Crippen molar-refractivity contribution in [2.45, 2.75) is 0 Å². The fraction of sp³-hybridized carbons (Fsp3) is 0.105. The molecule has 0 unspecified atom stereocenters. The molecule has 0 bridgehead atoms. The zero-order chi connectivity index (χ0) is 31.1. The van der Waals surface area contributed by atoms with E-state index in [-0.39, 0.29) is 0 Å². The summed E-state index contributed by atoms with van der Waals surface area (Å²) in [7, 11) is 8.71. The Kier molecular flexibility index (Phi) is 6.44. The van der Waals surface area contributed by atoms with Crippen LogP contribution in [0.4, 0.5) is 0 Å². The summed E-state index contributed by atoms with van der Waals surface area (Å²) in [4.78, 5) is 0. The molecule has 0 spiro atoms. The average Bonchev–Trinajstić information content (AvgIpc) is 3.81. The van der Waals surface area contributed by atoms with Crippen LogP contribution >= 0.6 is 45.3 Å². The summed E-state index contributed by atoms with van der Waals surface area (Å²) < 4.78 is 14.5. The first-order chi connectivity index (χ1) is 22.4. The van der Waals surface area contributed by atoms with Crippen LogP contribution < -0.4 is 18.3 Å². The smallest absolute Gasteiger partial charge is 0.184 e. The molecule has 9 aromatic rings. The normalized spacial score (nSPS) is 11.9. The van der Waals surface area contributed by atoms with Gasteiger partial charge in [-0.2, -0.15) is 18.3 Å². The molecule has 0 aliphatic heterocycles. The molecule has 5 aromatic carbocycles. The number of hydrogen-bond donors (Lipinski definition) is 0. The van der Waals surface area contributed by atoms with Crippen molar-refractivity contribution in [2.75, 3.05) is 0 Å². The van der Waals surface area contributed by atoms with Gasteiger partial charge in [0.2, 0.25) is 22.1 Å². The molecule has 0 aliphatic rings. The molecule has 0 saturated carbocycles. The van der Waals surface area contributed by atoms with Gasteiger partial charge in [-0.3, -0.25) is 0 Å². The highest BCUT2D eigenvalue weighted by molar-refractivity contribution is 7.23. The van der Waals surface area contributed by atoms with Crippen molar-refractivity contribution in [1.82, 2.24) is 0 Å². The van der Waals surface area contributed by atoms with E-state index in [2.05, 4.69) is 156 Å². The first kappa shape index (κ1) is 27.9. The third-order valence-corrected chi connectivity index (χ3v) is 14.1. The standard InChI is InChI=1S/C38H30N4S4/c1-39-27-9-5-7-11-31(27)43-35(39)23-13-17-25(18-14-23)37-41(3)29-21-34-30(22-33(29)45-37)42(4)38(46-34)26-19-15-24(16-20-26)36-40(2)28-10-6-8-12-32(28)44-36/h5-22H,1-4H3/q+4. The number of benzene rings is 5. The second kappa shape index (κ2) is 10.6. The van der Waals surface area contributed by atoms with E-state index in [0.29, 0.717) is 0 Å². The Morgan fingerprint density at radius 3 is 0.935 bits per heavy atom. The minimum Gasteiger partial charge on any atom is -0.184 e. The van der Waals surface area contributed by atoms with Crippen LogP contribution in [0.1, 0.15) is 0 Å². The van der Waals surface area contributed by atoms with Gasteiger partial charge in [0.15, 0.2) is 0 Å². The maximum atomic E-state index is 2.37. The van der Waals surface area contributed by atoms with Gasteiger partial charge in [0.05, 0.1) is 22.3 Å². The molecule has 0 saturated heterocycles. The maximum absolute atomic E-state index is 2.37. The summed E-state index contributed by atoms with van der Waals surface area (Å²) in [5, 5.41) is 5.10. The van der Waals surface area contributed by atoms with E-state index in [9.17, 15) is 0 Å². The minimum atomic E-state index is 1.25.